The van der Waals surface area contributed by atoms with Crippen LogP contribution in [0.2, 0.25) is 0 Å². The SMILES string of the molecule is Cc1cc(C(CC(=O)c2ccc(OC(F)(F)F)cc2)C(C)(C)C)cc(C)c1OC(C)(C)C(=O)O. The molecular formula is C26H31F3O5. The summed E-state index contributed by atoms with van der Waals surface area (Å²) in [6.45, 7) is 12.6. The highest BCUT2D eigenvalue weighted by molar-refractivity contribution is 5.96. The molecule has 0 aromatic heterocycles. The fourth-order valence-corrected chi connectivity index (χ4v) is 3.71. The Morgan fingerprint density at radius 2 is 1.41 bits per heavy atom. The quantitative estimate of drug-likeness (QED) is 0.419. The van der Waals surface area contributed by atoms with Gasteiger partial charge in [0.25, 0.3) is 0 Å². The number of aryl methyl sites for hydroxylation is 2. The normalized spacial score (nSPS) is 13.4. The number of Topliss-reactive ketones (excluding diaryl/α,β-unsaturated/α-hetero) is 1. The van der Waals surface area contributed by atoms with Crippen LogP contribution in [0.5, 0.6) is 11.5 Å². The number of ether oxygens (including phenoxy) is 2. The second-order valence-corrected chi connectivity index (χ2v) is 10.0. The maximum atomic E-state index is 13.0. The smallest absolute Gasteiger partial charge is 0.478 e. The first kappa shape index (κ1) is 27.2. The van der Waals surface area contributed by atoms with E-state index in [4.69, 9.17) is 4.74 Å². The van der Waals surface area contributed by atoms with E-state index in [1.807, 2.05) is 46.8 Å². The van der Waals surface area contributed by atoms with E-state index in [1.54, 1.807) is 0 Å². The number of carbonyl (C=O) groups is 2. The summed E-state index contributed by atoms with van der Waals surface area (Å²) in [6.07, 6.45) is -4.66. The van der Waals surface area contributed by atoms with Gasteiger partial charge in [-0.3, -0.25) is 4.79 Å². The average molecular weight is 481 g/mol. The Morgan fingerprint density at radius 1 is 0.912 bits per heavy atom. The second kappa shape index (κ2) is 9.68. The van der Waals surface area contributed by atoms with Crippen LogP contribution in [-0.4, -0.2) is 28.8 Å². The van der Waals surface area contributed by atoms with Crippen molar-refractivity contribution < 1.29 is 37.3 Å². The summed E-state index contributed by atoms with van der Waals surface area (Å²) >= 11 is 0. The van der Waals surface area contributed by atoms with Crippen molar-refractivity contribution in [3.8, 4) is 11.5 Å². The van der Waals surface area contributed by atoms with Crippen molar-refractivity contribution in [2.24, 2.45) is 5.41 Å². The van der Waals surface area contributed by atoms with E-state index < -0.39 is 17.9 Å². The molecule has 8 heteroatoms. The van der Waals surface area contributed by atoms with Gasteiger partial charge in [0.1, 0.15) is 11.5 Å². The number of alkyl halides is 3. The van der Waals surface area contributed by atoms with Crippen LogP contribution in [0, 0.1) is 19.3 Å². The third kappa shape index (κ3) is 6.98. The minimum absolute atomic E-state index is 0.142. The summed E-state index contributed by atoms with van der Waals surface area (Å²) in [5, 5.41) is 9.39. The zero-order chi connectivity index (χ0) is 26.1. The van der Waals surface area contributed by atoms with Gasteiger partial charge in [-0.05, 0) is 80.0 Å². The Bertz CT molecular complexity index is 1020. The summed E-state index contributed by atoms with van der Waals surface area (Å²) in [7, 11) is 0. The summed E-state index contributed by atoms with van der Waals surface area (Å²) in [4.78, 5) is 24.5. The van der Waals surface area contributed by atoms with Gasteiger partial charge in [0, 0.05) is 12.0 Å². The van der Waals surface area contributed by atoms with Crippen molar-refractivity contribution in [3.63, 3.8) is 0 Å². The van der Waals surface area contributed by atoms with Gasteiger partial charge in [-0.1, -0.05) is 32.9 Å². The number of ketones is 1. The van der Waals surface area contributed by atoms with Crippen LogP contribution in [0.25, 0.3) is 0 Å². The van der Waals surface area contributed by atoms with Gasteiger partial charge in [0.2, 0.25) is 0 Å². The van der Waals surface area contributed by atoms with E-state index in [1.165, 1.54) is 26.0 Å². The molecule has 1 N–H and O–H groups in total. The van der Waals surface area contributed by atoms with Gasteiger partial charge in [-0.15, -0.1) is 13.2 Å². The Labute approximate surface area is 197 Å². The number of carboxylic acids is 1. The van der Waals surface area contributed by atoms with Crippen LogP contribution in [0.4, 0.5) is 13.2 Å². The average Bonchev–Trinajstić information content (AvgIpc) is 2.67. The Balaban J connectivity index is 2.33. The predicted octanol–water partition coefficient (Wildman–Crippen LogP) is 6.85. The Kier molecular flexibility index (Phi) is 7.75. The van der Waals surface area contributed by atoms with Gasteiger partial charge in [0.15, 0.2) is 11.4 Å². The molecule has 2 aromatic rings. The molecule has 0 saturated carbocycles. The summed E-state index contributed by atoms with van der Waals surface area (Å²) < 4.78 is 46.8. The number of aliphatic carboxylic acids is 1. The van der Waals surface area contributed by atoms with Crippen LogP contribution >= 0.6 is 0 Å². The van der Waals surface area contributed by atoms with Crippen molar-refractivity contribution in [3.05, 3.63) is 58.7 Å². The molecule has 5 nitrogen and oxygen atoms in total. The van der Waals surface area contributed by atoms with Crippen molar-refractivity contribution in [1.29, 1.82) is 0 Å². The molecule has 2 rings (SSSR count). The van der Waals surface area contributed by atoms with Crippen molar-refractivity contribution in [2.45, 2.75) is 72.8 Å². The molecule has 0 aliphatic rings. The van der Waals surface area contributed by atoms with E-state index in [9.17, 15) is 27.9 Å². The molecule has 0 fully saturated rings. The third-order valence-electron chi connectivity index (χ3n) is 5.60. The molecular weight excluding hydrogens is 449 g/mol. The van der Waals surface area contributed by atoms with Gasteiger partial charge in [-0.2, -0.15) is 0 Å². The van der Waals surface area contributed by atoms with Crippen LogP contribution in [0.1, 0.15) is 74.0 Å². The maximum absolute atomic E-state index is 13.0. The highest BCUT2D eigenvalue weighted by atomic mass is 19.4. The lowest BCUT2D eigenvalue weighted by Gasteiger charge is -2.32. The molecule has 1 unspecified atom stereocenters. The number of carbonyl (C=O) groups excluding carboxylic acids is 1. The first-order valence-electron chi connectivity index (χ1n) is 10.8. The third-order valence-corrected chi connectivity index (χ3v) is 5.60. The molecule has 186 valence electrons. The fourth-order valence-electron chi connectivity index (χ4n) is 3.71. The van der Waals surface area contributed by atoms with Crippen LogP contribution < -0.4 is 9.47 Å². The van der Waals surface area contributed by atoms with Crippen molar-refractivity contribution in [2.75, 3.05) is 0 Å². The zero-order valence-electron chi connectivity index (χ0n) is 20.5. The topological polar surface area (TPSA) is 72.8 Å². The van der Waals surface area contributed by atoms with Crippen molar-refractivity contribution in [1.82, 2.24) is 0 Å². The monoisotopic (exact) mass is 480 g/mol. The fraction of sp³-hybridized carbons (Fsp3) is 0.462. The number of hydrogen-bond donors (Lipinski definition) is 1. The molecule has 0 amide bonds. The van der Waals surface area contributed by atoms with E-state index in [2.05, 4.69) is 4.74 Å². The molecule has 0 aliphatic carbocycles. The minimum Gasteiger partial charge on any atom is -0.478 e. The molecule has 0 heterocycles. The molecule has 34 heavy (non-hydrogen) atoms. The molecule has 0 saturated heterocycles. The van der Waals surface area contributed by atoms with E-state index in [0.29, 0.717) is 11.3 Å². The first-order chi connectivity index (χ1) is 15.4. The summed E-state index contributed by atoms with van der Waals surface area (Å²) in [6, 6.07) is 8.68. The molecule has 0 radical (unpaired) electrons. The first-order valence-corrected chi connectivity index (χ1v) is 10.8. The van der Waals surface area contributed by atoms with Gasteiger partial charge >= 0.3 is 12.3 Å². The standard InChI is InChI=1S/C26H31F3O5/c1-15-12-18(13-16(2)22(15)34-25(6,7)23(31)32)20(24(3,4)5)14-21(30)17-8-10-19(11-9-17)33-26(27,28)29/h8-13,20H,14H2,1-7H3,(H,31,32). The number of benzene rings is 2. The Hall–Kier alpha value is -3.03. The lowest BCUT2D eigenvalue weighted by atomic mass is 9.73. The molecule has 0 aliphatic heterocycles. The molecule has 0 spiro atoms. The highest BCUT2D eigenvalue weighted by Gasteiger charge is 2.33. The van der Waals surface area contributed by atoms with Crippen LogP contribution in [0.3, 0.4) is 0 Å². The molecule has 0 bridgehead atoms. The largest absolute Gasteiger partial charge is 0.573 e. The summed E-state index contributed by atoms with van der Waals surface area (Å²) in [5.74, 6) is -1.40. The highest BCUT2D eigenvalue weighted by Crippen LogP contribution is 2.41. The number of hydrogen-bond acceptors (Lipinski definition) is 4. The predicted molar refractivity (Wildman–Crippen MR) is 123 cm³/mol. The number of halogens is 3. The lowest BCUT2D eigenvalue weighted by molar-refractivity contribution is -0.274. The van der Waals surface area contributed by atoms with Crippen LogP contribution in [0.15, 0.2) is 36.4 Å². The lowest BCUT2D eigenvalue weighted by Crippen LogP contribution is -2.38. The van der Waals surface area contributed by atoms with Crippen LogP contribution in [-0.2, 0) is 4.79 Å². The molecule has 2 aromatic carbocycles. The summed E-state index contributed by atoms with van der Waals surface area (Å²) in [5.41, 5.74) is 0.975. The van der Waals surface area contributed by atoms with Gasteiger partial charge in [0.05, 0.1) is 0 Å². The molecule has 1 atom stereocenters. The Morgan fingerprint density at radius 3 is 1.82 bits per heavy atom. The maximum Gasteiger partial charge on any atom is 0.573 e. The van der Waals surface area contributed by atoms with E-state index in [0.717, 1.165) is 28.8 Å². The van der Waals surface area contributed by atoms with Crippen molar-refractivity contribution >= 4 is 11.8 Å². The van der Waals surface area contributed by atoms with E-state index >= 15 is 0 Å². The number of carboxylic acid groups (broad SMARTS) is 1. The number of rotatable bonds is 8. The minimum atomic E-state index is -4.80. The van der Waals surface area contributed by atoms with E-state index in [-0.39, 0.29) is 29.3 Å². The van der Waals surface area contributed by atoms with Gasteiger partial charge < -0.3 is 14.6 Å². The zero-order valence-corrected chi connectivity index (χ0v) is 20.5. The second-order valence-electron chi connectivity index (χ2n) is 10.0. The van der Waals surface area contributed by atoms with Gasteiger partial charge in [-0.25, -0.2) is 4.79 Å².